The van der Waals surface area contributed by atoms with E-state index in [-0.39, 0.29) is 25.8 Å². The number of amides is 4. The molecule has 3 aromatic rings. The van der Waals surface area contributed by atoms with Gasteiger partial charge in [-0.2, -0.15) is 0 Å². The zero-order chi connectivity index (χ0) is 38.9. The van der Waals surface area contributed by atoms with Crippen molar-refractivity contribution in [2.24, 2.45) is 5.92 Å². The third kappa shape index (κ3) is 8.14. The van der Waals surface area contributed by atoms with E-state index in [9.17, 15) is 32.4 Å². The van der Waals surface area contributed by atoms with Gasteiger partial charge in [0.2, 0.25) is 27.7 Å². The van der Waals surface area contributed by atoms with Crippen molar-refractivity contribution in [1.29, 1.82) is 0 Å². The van der Waals surface area contributed by atoms with Crippen LogP contribution in [0.15, 0.2) is 66.7 Å². The smallest absolute Gasteiger partial charge is 0.308 e. The largest absolute Gasteiger partial charge is 0.497 e. The van der Waals surface area contributed by atoms with Gasteiger partial charge < -0.3 is 29.7 Å². The lowest BCUT2D eigenvalue weighted by Crippen LogP contribution is -2.58. The second-order valence-electron chi connectivity index (χ2n) is 14.4. The number of sulfonamides is 1. The average Bonchev–Trinajstić information content (AvgIpc) is 4.10. The van der Waals surface area contributed by atoms with Crippen LogP contribution in [0.1, 0.15) is 51.4 Å². The van der Waals surface area contributed by atoms with Crippen molar-refractivity contribution in [3.05, 3.63) is 66.7 Å². The summed E-state index contributed by atoms with van der Waals surface area (Å²) >= 11 is 0. The van der Waals surface area contributed by atoms with Gasteiger partial charge in [0.15, 0.2) is 0 Å². The Morgan fingerprint density at radius 2 is 1.84 bits per heavy atom. The Hall–Kier alpha value is -5.51. The number of nitrogens with zero attached hydrogens (tertiary/aromatic N) is 2. The van der Waals surface area contributed by atoms with Crippen molar-refractivity contribution in [1.82, 2.24) is 25.2 Å². The Morgan fingerprint density at radius 3 is 2.56 bits per heavy atom. The van der Waals surface area contributed by atoms with Crippen molar-refractivity contribution < 1.29 is 46.6 Å². The number of benzene rings is 2. The molecule has 4 amide bonds. The van der Waals surface area contributed by atoms with Crippen molar-refractivity contribution in [2.75, 3.05) is 20.8 Å². The molecule has 3 N–H and O–H groups in total. The van der Waals surface area contributed by atoms with Gasteiger partial charge in [-0.15, -0.1) is 0 Å². The highest BCUT2D eigenvalue weighted by atomic mass is 32.2. The molecule has 0 bridgehead atoms. The molecule has 16 heteroatoms. The Kier molecular flexibility index (Phi) is 10.5. The molecule has 0 radical (unpaired) electrons. The van der Waals surface area contributed by atoms with Gasteiger partial charge >= 0.3 is 5.97 Å². The third-order valence-electron chi connectivity index (χ3n) is 10.5. The van der Waals surface area contributed by atoms with E-state index in [1.807, 2.05) is 30.3 Å². The number of hydrogen-bond donors (Lipinski definition) is 3. The molecule has 2 aliphatic carbocycles. The van der Waals surface area contributed by atoms with Crippen LogP contribution < -0.4 is 24.8 Å². The summed E-state index contributed by atoms with van der Waals surface area (Å²) < 4.78 is 44.8. The maximum Gasteiger partial charge on any atom is 0.308 e. The first-order chi connectivity index (χ1) is 26.4. The molecule has 3 fully saturated rings. The van der Waals surface area contributed by atoms with Crippen molar-refractivity contribution in [2.45, 2.75) is 80.3 Å². The Balaban J connectivity index is 1.24. The average molecular weight is 774 g/mol. The minimum absolute atomic E-state index is 0.0321. The van der Waals surface area contributed by atoms with Crippen molar-refractivity contribution in [3.8, 4) is 22.8 Å². The number of methoxy groups -OCH3 is 2. The molecule has 0 spiro atoms. The molecule has 290 valence electrons. The van der Waals surface area contributed by atoms with E-state index in [2.05, 4.69) is 15.4 Å². The van der Waals surface area contributed by atoms with Crippen LogP contribution in [0.25, 0.3) is 22.2 Å². The maximum absolute atomic E-state index is 14.4. The predicted molar refractivity (Wildman–Crippen MR) is 199 cm³/mol. The quantitative estimate of drug-likeness (QED) is 0.213. The lowest BCUT2D eigenvalue weighted by molar-refractivity contribution is -0.147. The number of pyridine rings is 1. The van der Waals surface area contributed by atoms with Gasteiger partial charge in [-0.1, -0.05) is 42.5 Å². The van der Waals surface area contributed by atoms with Crippen LogP contribution in [-0.2, 0) is 38.7 Å². The highest BCUT2D eigenvalue weighted by Gasteiger charge is 2.62. The van der Waals surface area contributed by atoms with Gasteiger partial charge in [-0.3, -0.25) is 28.7 Å². The summed E-state index contributed by atoms with van der Waals surface area (Å²) in [6.07, 6.45) is 4.15. The predicted octanol–water partition coefficient (Wildman–Crippen LogP) is 2.53. The van der Waals surface area contributed by atoms with E-state index < -0.39 is 80.9 Å². The molecule has 2 aromatic carbocycles. The Bertz CT molecular complexity index is 2160. The molecule has 2 saturated carbocycles. The number of nitrogens with one attached hydrogen (secondary N) is 3. The summed E-state index contributed by atoms with van der Waals surface area (Å²) in [7, 11) is -1.21. The van der Waals surface area contributed by atoms with Gasteiger partial charge in [0.1, 0.15) is 35.2 Å². The summed E-state index contributed by atoms with van der Waals surface area (Å²) in [5, 5.41) is 5.47. The fourth-order valence-electron chi connectivity index (χ4n) is 7.24. The fourth-order valence-corrected chi connectivity index (χ4v) is 8.60. The Labute approximate surface area is 318 Å². The molecule has 2 unspecified atom stereocenters. The molecule has 55 heavy (non-hydrogen) atoms. The molecular formula is C39H43N5O10S. The summed E-state index contributed by atoms with van der Waals surface area (Å²) in [6.45, 7) is -0.121. The van der Waals surface area contributed by atoms with Gasteiger partial charge in [0, 0.05) is 41.8 Å². The van der Waals surface area contributed by atoms with Gasteiger partial charge in [-0.05, 0) is 44.2 Å². The number of hydrogen-bond acceptors (Lipinski definition) is 11. The molecule has 4 aliphatic rings. The van der Waals surface area contributed by atoms with Crippen LogP contribution in [-0.4, -0.2) is 97.6 Å². The number of allylic oxidation sites excluding steroid dienone is 1. The third-order valence-corrected chi connectivity index (χ3v) is 12.3. The van der Waals surface area contributed by atoms with Crippen LogP contribution in [0.2, 0.25) is 0 Å². The summed E-state index contributed by atoms with van der Waals surface area (Å²) in [5.74, 6) is -2.98. The molecule has 3 heterocycles. The van der Waals surface area contributed by atoms with Crippen LogP contribution in [0.3, 0.4) is 0 Å². The maximum atomic E-state index is 14.4. The first kappa shape index (κ1) is 37.8. The molecular weight excluding hydrogens is 731 g/mol. The monoisotopic (exact) mass is 773 g/mol. The molecule has 7 rings (SSSR count). The zero-order valence-corrected chi connectivity index (χ0v) is 31.3. The second-order valence-corrected chi connectivity index (χ2v) is 16.4. The SMILES string of the molecule is COC(=O)CC1NC(=O)CCC/C=C\C2C[C@@]2(C(=O)NS(=O)(=O)C2CC2)NC(=O)[C@@H]2C[C@@H](Oc3cc(-c4ccccc4)nc4cc(OC)ccc34)CN2C1=O. The number of rotatable bonds is 9. The standard InChI is InChI=1S/C39H43N5O10S/c1-52-25-13-16-28-30(17-25)40-29(23-9-5-3-6-10-23)19-33(28)54-26-18-32-36(47)42-39(38(49)43-55(50,51)27-14-15-27)21-24(39)11-7-4-8-12-34(45)41-31(20-35(46)53-2)37(48)44(32)22-26/h3,5-7,9-11,13,16-17,19,24,26-27,31-32H,4,8,12,14-15,18,20-22H2,1-2H3,(H,41,45)(H,42,47)(H,43,49)/b11-7-/t24?,26-,31?,32+,39-/m1/s1. The van der Waals surface area contributed by atoms with Gasteiger partial charge in [0.25, 0.3) is 5.91 Å². The second kappa shape index (κ2) is 15.3. The number of esters is 1. The van der Waals surface area contributed by atoms with Gasteiger partial charge in [-0.25, -0.2) is 13.4 Å². The van der Waals surface area contributed by atoms with E-state index in [4.69, 9.17) is 19.2 Å². The van der Waals surface area contributed by atoms with E-state index >= 15 is 0 Å². The molecule has 1 saturated heterocycles. The molecule has 1 aromatic heterocycles. The van der Waals surface area contributed by atoms with E-state index in [0.29, 0.717) is 53.8 Å². The number of fused-ring (bicyclic) bond motifs is 3. The lowest BCUT2D eigenvalue weighted by atomic mass is 10.1. The van der Waals surface area contributed by atoms with Crippen LogP contribution in [0.4, 0.5) is 0 Å². The number of carbonyl (C=O) groups is 5. The lowest BCUT2D eigenvalue weighted by Gasteiger charge is -2.29. The molecule has 2 aliphatic heterocycles. The van der Waals surface area contributed by atoms with E-state index in [1.165, 1.54) is 12.0 Å². The highest BCUT2D eigenvalue weighted by molar-refractivity contribution is 7.91. The number of aromatic nitrogens is 1. The minimum Gasteiger partial charge on any atom is -0.497 e. The summed E-state index contributed by atoms with van der Waals surface area (Å²) in [4.78, 5) is 74.1. The Morgan fingerprint density at radius 1 is 1.05 bits per heavy atom. The van der Waals surface area contributed by atoms with Crippen LogP contribution in [0.5, 0.6) is 11.5 Å². The first-order valence-electron chi connectivity index (χ1n) is 18.3. The zero-order valence-electron chi connectivity index (χ0n) is 30.5. The fraction of sp³-hybridized carbons (Fsp3) is 0.436. The number of ether oxygens (including phenoxy) is 3. The number of carbonyl (C=O) groups excluding carboxylic acids is 5. The van der Waals surface area contributed by atoms with Gasteiger partial charge in [0.05, 0.1) is 43.6 Å². The molecule has 15 nitrogen and oxygen atoms in total. The van der Waals surface area contributed by atoms with Crippen LogP contribution in [0, 0.1) is 5.92 Å². The minimum atomic E-state index is -3.94. The highest BCUT2D eigenvalue weighted by Crippen LogP contribution is 2.46. The van der Waals surface area contributed by atoms with Crippen LogP contribution >= 0.6 is 0 Å². The molecule has 5 atom stereocenters. The topological polar surface area (TPSA) is 199 Å². The normalized spacial score (nSPS) is 26.3. The van der Waals surface area contributed by atoms with Crippen molar-refractivity contribution in [3.63, 3.8) is 0 Å². The summed E-state index contributed by atoms with van der Waals surface area (Å²) in [5.41, 5.74) is 0.446. The first-order valence-corrected chi connectivity index (χ1v) is 19.9. The van der Waals surface area contributed by atoms with Crippen molar-refractivity contribution >= 4 is 50.5 Å². The van der Waals surface area contributed by atoms with E-state index in [0.717, 1.165) is 5.56 Å². The van der Waals surface area contributed by atoms with E-state index in [1.54, 1.807) is 43.5 Å². The summed E-state index contributed by atoms with van der Waals surface area (Å²) in [6, 6.07) is 14.0.